The molecule has 1 aliphatic heterocycles. The molecule has 2 heterocycles. The summed E-state index contributed by atoms with van der Waals surface area (Å²) in [6.07, 6.45) is -0.776. The van der Waals surface area contributed by atoms with E-state index in [2.05, 4.69) is 10.6 Å². The van der Waals surface area contributed by atoms with Crippen LogP contribution in [0.4, 0.5) is 20.2 Å². The SMILES string of the molecule is O=C(NC[C@H](C(=O)Nc1ccc(N2CCOCC2=O)cc1)N(CC(F)F)CC1CC1)c1ccc(Cl)s1. The summed E-state index contributed by atoms with van der Waals surface area (Å²) in [4.78, 5) is 41.3. The monoisotopic (exact) mass is 540 g/mol. The minimum absolute atomic E-state index is 0.0184. The summed E-state index contributed by atoms with van der Waals surface area (Å²) >= 11 is 7.00. The van der Waals surface area contributed by atoms with Gasteiger partial charge in [-0.1, -0.05) is 11.6 Å². The second kappa shape index (κ2) is 12.1. The van der Waals surface area contributed by atoms with E-state index in [1.54, 1.807) is 41.3 Å². The molecule has 2 aliphatic rings. The molecule has 1 saturated carbocycles. The van der Waals surface area contributed by atoms with Crippen molar-refractivity contribution in [1.29, 1.82) is 0 Å². The Morgan fingerprint density at radius 2 is 1.94 bits per heavy atom. The maximum absolute atomic E-state index is 13.4. The van der Waals surface area contributed by atoms with E-state index in [0.29, 0.717) is 40.3 Å². The standard InChI is InChI=1S/C24H27ClF2N4O4S/c25-20-8-7-19(36-20)24(34)28-11-18(30(13-21(26)27)12-15-1-2-15)23(33)29-16-3-5-17(6-4-16)31-9-10-35-14-22(31)32/h3-8,15,18,21H,1-2,9-14H2,(H,28,34)(H,29,33)/t18-/m1/s1. The first kappa shape index (κ1) is 26.5. The molecule has 12 heteroatoms. The molecule has 2 N–H and O–H groups in total. The Kier molecular flexibility index (Phi) is 8.89. The van der Waals surface area contributed by atoms with Gasteiger partial charge in [0.25, 0.3) is 18.2 Å². The number of carbonyl (C=O) groups excluding carboxylic acids is 3. The maximum Gasteiger partial charge on any atom is 0.261 e. The van der Waals surface area contributed by atoms with Crippen LogP contribution in [0.15, 0.2) is 36.4 Å². The Bertz CT molecular complexity index is 1080. The number of nitrogens with one attached hydrogen (secondary N) is 2. The van der Waals surface area contributed by atoms with Crippen LogP contribution in [-0.4, -0.2) is 74.5 Å². The van der Waals surface area contributed by atoms with Crippen molar-refractivity contribution in [3.63, 3.8) is 0 Å². The van der Waals surface area contributed by atoms with Crippen molar-refractivity contribution in [2.75, 3.05) is 49.6 Å². The molecule has 8 nitrogen and oxygen atoms in total. The van der Waals surface area contributed by atoms with Crippen molar-refractivity contribution < 1.29 is 27.9 Å². The molecule has 1 saturated heterocycles. The minimum atomic E-state index is -2.63. The van der Waals surface area contributed by atoms with E-state index in [4.69, 9.17) is 16.3 Å². The molecule has 1 aromatic carbocycles. The van der Waals surface area contributed by atoms with Crippen LogP contribution >= 0.6 is 22.9 Å². The lowest BCUT2D eigenvalue weighted by molar-refractivity contribution is -0.125. The van der Waals surface area contributed by atoms with Gasteiger partial charge in [-0.3, -0.25) is 19.3 Å². The Labute approximate surface area is 216 Å². The van der Waals surface area contributed by atoms with Crippen molar-refractivity contribution in [2.45, 2.75) is 25.3 Å². The number of benzene rings is 1. The van der Waals surface area contributed by atoms with E-state index in [1.165, 1.54) is 4.90 Å². The van der Waals surface area contributed by atoms with E-state index in [9.17, 15) is 23.2 Å². The average molecular weight is 541 g/mol. The molecule has 2 aromatic rings. The molecule has 2 fully saturated rings. The number of thiophene rings is 1. The number of hydrogen-bond donors (Lipinski definition) is 2. The number of ether oxygens (including phenoxy) is 1. The fourth-order valence-corrected chi connectivity index (χ4v) is 4.94. The topological polar surface area (TPSA) is 91.0 Å². The number of amides is 3. The largest absolute Gasteiger partial charge is 0.370 e. The number of hydrogen-bond acceptors (Lipinski definition) is 6. The number of carbonyl (C=O) groups is 3. The summed E-state index contributed by atoms with van der Waals surface area (Å²) in [6, 6.07) is 8.87. The Morgan fingerprint density at radius 1 is 1.19 bits per heavy atom. The Morgan fingerprint density at radius 3 is 2.56 bits per heavy atom. The van der Waals surface area contributed by atoms with Gasteiger partial charge < -0.3 is 20.3 Å². The van der Waals surface area contributed by atoms with Gasteiger partial charge in [0, 0.05) is 31.0 Å². The summed E-state index contributed by atoms with van der Waals surface area (Å²) in [5, 5.41) is 5.47. The zero-order chi connectivity index (χ0) is 25.7. The van der Waals surface area contributed by atoms with E-state index in [-0.39, 0.29) is 25.0 Å². The molecule has 36 heavy (non-hydrogen) atoms. The van der Waals surface area contributed by atoms with E-state index >= 15 is 0 Å². The van der Waals surface area contributed by atoms with Gasteiger partial charge in [-0.05, 0) is 55.2 Å². The minimum Gasteiger partial charge on any atom is -0.370 e. The van der Waals surface area contributed by atoms with Gasteiger partial charge in [0.15, 0.2) is 0 Å². The molecule has 1 atom stereocenters. The average Bonchev–Trinajstić information content (AvgIpc) is 3.55. The molecular weight excluding hydrogens is 514 g/mol. The summed E-state index contributed by atoms with van der Waals surface area (Å²) in [5.41, 5.74) is 1.13. The van der Waals surface area contributed by atoms with Gasteiger partial charge in [-0.25, -0.2) is 8.78 Å². The lowest BCUT2D eigenvalue weighted by Crippen LogP contribution is -2.52. The van der Waals surface area contributed by atoms with Gasteiger partial charge >= 0.3 is 0 Å². The van der Waals surface area contributed by atoms with Gasteiger partial charge in [0.05, 0.1) is 22.4 Å². The van der Waals surface area contributed by atoms with Gasteiger partial charge in [-0.15, -0.1) is 11.3 Å². The smallest absolute Gasteiger partial charge is 0.261 e. The molecule has 0 unspecified atom stereocenters. The van der Waals surface area contributed by atoms with Crippen molar-refractivity contribution >= 4 is 52.0 Å². The normalized spacial score (nSPS) is 16.9. The van der Waals surface area contributed by atoms with E-state index in [0.717, 1.165) is 24.2 Å². The second-order valence-corrected chi connectivity index (χ2v) is 10.5. The molecule has 1 aromatic heterocycles. The second-order valence-electron chi connectivity index (χ2n) is 8.75. The number of morpholine rings is 1. The van der Waals surface area contributed by atoms with E-state index < -0.39 is 30.8 Å². The third-order valence-corrected chi connectivity index (χ3v) is 7.22. The zero-order valence-corrected chi connectivity index (χ0v) is 21.0. The fraction of sp³-hybridized carbons (Fsp3) is 0.458. The number of rotatable bonds is 11. The van der Waals surface area contributed by atoms with Crippen molar-refractivity contribution in [1.82, 2.24) is 10.2 Å². The van der Waals surface area contributed by atoms with Gasteiger partial charge in [0.1, 0.15) is 12.6 Å². The number of nitrogens with zero attached hydrogens (tertiary/aromatic N) is 2. The summed E-state index contributed by atoms with van der Waals surface area (Å²) in [7, 11) is 0. The molecule has 4 rings (SSSR count). The van der Waals surface area contributed by atoms with Crippen molar-refractivity contribution in [2.24, 2.45) is 5.92 Å². The van der Waals surface area contributed by atoms with Crippen LogP contribution < -0.4 is 15.5 Å². The van der Waals surface area contributed by atoms with Crippen LogP contribution in [0.5, 0.6) is 0 Å². The number of anilines is 2. The summed E-state index contributed by atoms with van der Waals surface area (Å²) in [6.45, 7) is 0.529. The zero-order valence-electron chi connectivity index (χ0n) is 19.4. The highest BCUT2D eigenvalue weighted by Crippen LogP contribution is 2.31. The first-order chi connectivity index (χ1) is 17.3. The van der Waals surface area contributed by atoms with Gasteiger partial charge in [-0.2, -0.15) is 0 Å². The van der Waals surface area contributed by atoms with Crippen LogP contribution in [0, 0.1) is 5.92 Å². The lowest BCUT2D eigenvalue weighted by atomic mass is 10.1. The first-order valence-electron chi connectivity index (χ1n) is 11.6. The molecule has 0 radical (unpaired) electrons. The number of alkyl halides is 2. The number of halogens is 3. The fourth-order valence-electron chi connectivity index (χ4n) is 3.98. The quantitative estimate of drug-likeness (QED) is 0.455. The predicted molar refractivity (Wildman–Crippen MR) is 134 cm³/mol. The molecular formula is C24H27ClF2N4O4S. The highest BCUT2D eigenvalue weighted by Gasteiger charge is 2.34. The first-order valence-corrected chi connectivity index (χ1v) is 12.8. The maximum atomic E-state index is 13.4. The van der Waals surface area contributed by atoms with Crippen LogP contribution in [0.25, 0.3) is 0 Å². The van der Waals surface area contributed by atoms with Crippen LogP contribution in [0.3, 0.4) is 0 Å². The molecule has 1 aliphatic carbocycles. The summed E-state index contributed by atoms with van der Waals surface area (Å²) < 4.78 is 32.4. The highest BCUT2D eigenvalue weighted by molar-refractivity contribution is 7.18. The highest BCUT2D eigenvalue weighted by atomic mass is 35.5. The van der Waals surface area contributed by atoms with E-state index in [1.807, 2.05) is 0 Å². The Hall–Kier alpha value is -2.60. The van der Waals surface area contributed by atoms with Crippen molar-refractivity contribution in [3.05, 3.63) is 45.6 Å². The van der Waals surface area contributed by atoms with Crippen molar-refractivity contribution in [3.8, 4) is 0 Å². The Balaban J connectivity index is 1.46. The van der Waals surface area contributed by atoms with Crippen LogP contribution in [0.1, 0.15) is 22.5 Å². The molecule has 0 bridgehead atoms. The molecule has 0 spiro atoms. The third-order valence-electron chi connectivity index (χ3n) is 5.99. The van der Waals surface area contributed by atoms with Crippen LogP contribution in [0.2, 0.25) is 4.34 Å². The molecule has 3 amide bonds. The molecule has 194 valence electrons. The third kappa shape index (κ3) is 7.22. The van der Waals surface area contributed by atoms with Gasteiger partial charge in [0.2, 0.25) is 5.91 Å². The van der Waals surface area contributed by atoms with Crippen LogP contribution in [-0.2, 0) is 14.3 Å². The summed E-state index contributed by atoms with van der Waals surface area (Å²) in [5.74, 6) is -0.816. The lowest BCUT2D eigenvalue weighted by Gasteiger charge is -2.31. The predicted octanol–water partition coefficient (Wildman–Crippen LogP) is 3.48.